The van der Waals surface area contributed by atoms with Crippen molar-refractivity contribution in [2.75, 3.05) is 18.1 Å². The number of rotatable bonds is 7. The number of hydrogen-bond donors (Lipinski definition) is 2. The number of nitrogen functional groups attached to an aromatic ring is 1. The smallest absolute Gasteiger partial charge is 0.338 e. The highest BCUT2D eigenvalue weighted by Crippen LogP contribution is 2.42. The molecule has 38 heavy (non-hydrogen) atoms. The number of carbonyl (C=O) groups is 1. The van der Waals surface area contributed by atoms with E-state index in [-0.39, 0.29) is 52.1 Å². The van der Waals surface area contributed by atoms with Gasteiger partial charge in [-0.2, -0.15) is 15.8 Å². The van der Waals surface area contributed by atoms with Gasteiger partial charge in [-0.25, -0.2) is 9.78 Å². The van der Waals surface area contributed by atoms with E-state index in [2.05, 4.69) is 23.2 Å². The van der Waals surface area contributed by atoms with Gasteiger partial charge in [0.2, 0.25) is 5.88 Å². The van der Waals surface area contributed by atoms with Gasteiger partial charge in [-0.05, 0) is 23.9 Å². The molecule has 0 saturated carbocycles. The first kappa shape index (κ1) is 26.3. The van der Waals surface area contributed by atoms with Crippen LogP contribution in [-0.2, 0) is 14.3 Å². The van der Waals surface area contributed by atoms with E-state index in [9.17, 15) is 20.6 Å². The van der Waals surface area contributed by atoms with Crippen LogP contribution in [0.15, 0.2) is 75.7 Å². The van der Waals surface area contributed by atoms with Crippen molar-refractivity contribution in [3.8, 4) is 28.6 Å². The summed E-state index contributed by atoms with van der Waals surface area (Å²) in [7, 11) is 0. The number of nitrogens with two attached hydrogens (primary N) is 2. The van der Waals surface area contributed by atoms with Crippen LogP contribution in [0.2, 0.25) is 0 Å². The van der Waals surface area contributed by atoms with Crippen LogP contribution < -0.4 is 16.5 Å². The molecule has 0 amide bonds. The summed E-state index contributed by atoms with van der Waals surface area (Å²) in [4.78, 5) is 16.8. The Hall–Kier alpha value is -4.76. The molecule has 2 aromatic heterocycles. The van der Waals surface area contributed by atoms with Crippen LogP contribution in [0, 0.1) is 34.0 Å². The van der Waals surface area contributed by atoms with Crippen molar-refractivity contribution < 1.29 is 19.3 Å². The van der Waals surface area contributed by atoms with E-state index in [4.69, 9.17) is 20.9 Å². The molecule has 0 fully saturated rings. The molecule has 1 aliphatic heterocycles. The van der Waals surface area contributed by atoms with Crippen molar-refractivity contribution >= 4 is 34.9 Å². The van der Waals surface area contributed by atoms with Crippen LogP contribution in [0.4, 0.5) is 5.82 Å². The van der Waals surface area contributed by atoms with Crippen molar-refractivity contribution in [2.24, 2.45) is 5.73 Å². The van der Waals surface area contributed by atoms with Crippen molar-refractivity contribution in [3.63, 3.8) is 0 Å². The van der Waals surface area contributed by atoms with Gasteiger partial charge in [0.15, 0.2) is 10.6 Å². The summed E-state index contributed by atoms with van der Waals surface area (Å²) in [6.07, 6.45) is 0. The number of ether oxygens (including phenoxy) is 2. The van der Waals surface area contributed by atoms with Crippen molar-refractivity contribution in [1.82, 2.24) is 0 Å². The van der Waals surface area contributed by atoms with Gasteiger partial charge < -0.3 is 15.2 Å². The number of nitriles is 3. The summed E-state index contributed by atoms with van der Waals surface area (Å²) in [5, 5.41) is 31.8. The third-order valence-electron chi connectivity index (χ3n) is 5.71. The van der Waals surface area contributed by atoms with E-state index in [1.54, 1.807) is 37.3 Å². The molecule has 3 heterocycles. The first-order valence-electron chi connectivity index (χ1n) is 11.3. The molecule has 9 nitrogen and oxygen atoms in total. The normalized spacial score (nSPS) is 14.7. The molecule has 5 N–H and O–H groups in total. The topological polar surface area (TPSA) is 173 Å². The summed E-state index contributed by atoms with van der Waals surface area (Å²) in [6, 6.07) is 19.0. The number of aromatic nitrogens is 1. The molecular weight excluding hydrogens is 520 g/mol. The Labute approximate surface area is 227 Å². The number of thioether (sulfide) groups is 1. The molecule has 11 heteroatoms. The minimum atomic E-state index is -0.795. The van der Waals surface area contributed by atoms with Gasteiger partial charge in [-0.1, -0.05) is 48.2 Å². The number of nitrogens with one attached hydrogen (secondary N) is 1. The van der Waals surface area contributed by atoms with Crippen LogP contribution in [0.1, 0.15) is 29.5 Å². The Bertz CT molecular complexity index is 1580. The first-order chi connectivity index (χ1) is 18.4. The number of benzene rings is 1. The monoisotopic (exact) mass is 541 g/mol. The van der Waals surface area contributed by atoms with Crippen LogP contribution in [0.5, 0.6) is 0 Å². The number of esters is 1. The zero-order valence-electron chi connectivity index (χ0n) is 20.1. The van der Waals surface area contributed by atoms with Gasteiger partial charge >= 0.3 is 5.97 Å². The second kappa shape index (κ2) is 11.5. The fourth-order valence-electron chi connectivity index (χ4n) is 4.09. The molecule has 0 radical (unpaired) electrons. The highest BCUT2D eigenvalue weighted by atomic mass is 32.2. The largest absolute Gasteiger partial charge is 0.463 e. The first-order valence-corrected chi connectivity index (χ1v) is 13.2. The lowest BCUT2D eigenvalue weighted by atomic mass is 9.83. The zero-order valence-corrected chi connectivity index (χ0v) is 21.8. The fourth-order valence-corrected chi connectivity index (χ4v) is 5.84. The Morgan fingerprint density at radius 2 is 1.84 bits per heavy atom. The van der Waals surface area contributed by atoms with Gasteiger partial charge in [0.25, 0.3) is 5.82 Å². The summed E-state index contributed by atoms with van der Waals surface area (Å²) in [5.41, 5.74) is 14.1. The second-order valence-electron chi connectivity index (χ2n) is 7.88. The molecule has 188 valence electrons. The Kier molecular flexibility index (Phi) is 7.98. The summed E-state index contributed by atoms with van der Waals surface area (Å²) >= 11 is 2.54. The van der Waals surface area contributed by atoms with Gasteiger partial charge in [-0.15, -0.1) is 11.3 Å². The Balaban J connectivity index is 1.83. The highest BCUT2D eigenvalue weighted by Gasteiger charge is 2.38. The van der Waals surface area contributed by atoms with E-state index in [1.165, 1.54) is 11.3 Å². The molecule has 0 bridgehead atoms. The lowest BCUT2D eigenvalue weighted by Crippen LogP contribution is -2.27. The predicted molar refractivity (Wildman–Crippen MR) is 142 cm³/mol. The molecule has 0 unspecified atom stereocenters. The number of H-pyrrole nitrogens is 1. The standard InChI is InChI=1S/C27H20N6O3S2/c1-2-35-27(34)23-19(36-25(32)17(12-29)21(23)15-7-4-3-5-8-15)14-38-26-18(13-30)22(20-9-6-10-37-20)16(11-28)24(31)33-26/h3-10,21H,2,14,32H2,1H3,(H2,31,33)/p+1/t21-/m0/s1. The highest BCUT2D eigenvalue weighted by molar-refractivity contribution is 7.99. The fraction of sp³-hybridized carbons (Fsp3) is 0.148. The molecule has 1 aliphatic rings. The molecular formula is C27H21N6O3S2+. The third kappa shape index (κ3) is 4.91. The van der Waals surface area contributed by atoms with Gasteiger partial charge in [0.1, 0.15) is 35.1 Å². The number of aromatic amines is 1. The number of allylic oxidation sites excluding steroid dienone is 1. The molecule has 1 atom stereocenters. The number of pyridine rings is 1. The molecule has 0 aliphatic carbocycles. The second-order valence-corrected chi connectivity index (χ2v) is 9.81. The lowest BCUT2D eigenvalue weighted by molar-refractivity contribution is -0.410. The molecule has 0 saturated heterocycles. The third-order valence-corrected chi connectivity index (χ3v) is 7.60. The van der Waals surface area contributed by atoms with Crippen LogP contribution >= 0.6 is 23.1 Å². The van der Waals surface area contributed by atoms with Crippen molar-refractivity contribution in [2.45, 2.75) is 17.9 Å². The van der Waals surface area contributed by atoms with Crippen LogP contribution in [-0.4, -0.2) is 18.3 Å². The maximum Gasteiger partial charge on any atom is 0.338 e. The minimum Gasteiger partial charge on any atom is -0.463 e. The number of hydrogen-bond acceptors (Lipinski definition) is 10. The van der Waals surface area contributed by atoms with E-state index in [1.807, 2.05) is 17.5 Å². The van der Waals surface area contributed by atoms with E-state index < -0.39 is 11.9 Å². The molecule has 4 rings (SSSR count). The van der Waals surface area contributed by atoms with Gasteiger partial charge in [0.05, 0.1) is 23.9 Å². The predicted octanol–water partition coefficient (Wildman–Crippen LogP) is 3.97. The SMILES string of the molecule is CCOC(=O)C1=C(CSc2[nH+]c(N)c(C#N)c(-c3cccs3)c2C#N)OC(N)=C(C#N)[C@@H]1c1ccccc1. The summed E-state index contributed by atoms with van der Waals surface area (Å²) < 4.78 is 11.1. The molecule has 0 spiro atoms. The van der Waals surface area contributed by atoms with Crippen molar-refractivity contribution in [1.29, 1.82) is 15.8 Å². The summed E-state index contributed by atoms with van der Waals surface area (Å²) in [5.74, 6) is -1.20. The quantitative estimate of drug-likeness (QED) is 0.331. The maximum absolute atomic E-state index is 13.2. The Morgan fingerprint density at radius 3 is 2.45 bits per heavy atom. The van der Waals surface area contributed by atoms with Gasteiger partial charge in [-0.3, -0.25) is 5.73 Å². The average molecular weight is 542 g/mol. The average Bonchev–Trinajstić information content (AvgIpc) is 3.46. The summed E-state index contributed by atoms with van der Waals surface area (Å²) in [6.45, 7) is 1.80. The minimum absolute atomic E-state index is 0.0529. The number of carbonyl (C=O) groups excluding carboxylic acids is 1. The lowest BCUT2D eigenvalue weighted by Gasteiger charge is -2.28. The Morgan fingerprint density at radius 1 is 1.11 bits per heavy atom. The number of thiophene rings is 1. The van der Waals surface area contributed by atoms with Crippen molar-refractivity contribution in [3.05, 3.63) is 87.3 Å². The zero-order chi connectivity index (χ0) is 27.2. The maximum atomic E-state index is 13.2. The number of anilines is 1. The van der Waals surface area contributed by atoms with Gasteiger partial charge in [0, 0.05) is 10.4 Å². The van der Waals surface area contributed by atoms with E-state index in [0.717, 1.165) is 16.6 Å². The number of nitrogens with zero attached hydrogens (tertiary/aromatic N) is 3. The van der Waals surface area contributed by atoms with Crippen LogP contribution in [0.25, 0.3) is 10.4 Å². The van der Waals surface area contributed by atoms with Crippen LogP contribution in [0.3, 0.4) is 0 Å². The van der Waals surface area contributed by atoms with E-state index >= 15 is 0 Å². The molecule has 1 aromatic carbocycles. The van der Waals surface area contributed by atoms with E-state index in [0.29, 0.717) is 16.2 Å². The molecule has 3 aromatic rings.